The lowest BCUT2D eigenvalue weighted by Gasteiger charge is -2.34. The maximum absolute atomic E-state index is 4.21. The largest absolute Gasteiger partial charge is 0.349 e. The molecule has 0 radical (unpaired) electrons. The number of aromatic nitrogens is 3. The van der Waals surface area contributed by atoms with Gasteiger partial charge in [0, 0.05) is 31.0 Å². The number of fused-ring (bicyclic) bond motifs is 1. The number of aryl methyl sites for hydroxylation is 1. The maximum atomic E-state index is 4.21. The molecule has 0 aromatic carbocycles. The molecule has 0 spiro atoms. The molecule has 5 heteroatoms. The van der Waals surface area contributed by atoms with E-state index in [9.17, 15) is 0 Å². The SMILES string of the molecule is Cc1nnc(CN2CCn3cccc3C2C)s1. The first-order chi connectivity index (χ1) is 8.24. The molecule has 1 unspecified atom stereocenters. The molecule has 0 amide bonds. The average Bonchev–Trinajstić information content (AvgIpc) is 2.92. The Morgan fingerprint density at radius 2 is 2.29 bits per heavy atom. The van der Waals surface area contributed by atoms with E-state index in [1.54, 1.807) is 11.3 Å². The van der Waals surface area contributed by atoms with E-state index < -0.39 is 0 Å². The molecule has 0 saturated heterocycles. The summed E-state index contributed by atoms with van der Waals surface area (Å²) in [6.45, 7) is 7.34. The molecule has 0 fully saturated rings. The minimum absolute atomic E-state index is 0.461. The lowest BCUT2D eigenvalue weighted by molar-refractivity contribution is 0.160. The Labute approximate surface area is 105 Å². The molecule has 1 aliphatic heterocycles. The normalized spacial score (nSPS) is 20.5. The molecule has 90 valence electrons. The highest BCUT2D eigenvalue weighted by molar-refractivity contribution is 7.11. The minimum Gasteiger partial charge on any atom is -0.349 e. The molecule has 1 atom stereocenters. The summed E-state index contributed by atoms with van der Waals surface area (Å²) in [5, 5.41) is 10.5. The summed E-state index contributed by atoms with van der Waals surface area (Å²) in [7, 11) is 0. The average molecular weight is 248 g/mol. The lowest BCUT2D eigenvalue weighted by Crippen LogP contribution is -2.35. The van der Waals surface area contributed by atoms with Crippen LogP contribution in [0.5, 0.6) is 0 Å². The molecule has 0 saturated carbocycles. The van der Waals surface area contributed by atoms with Gasteiger partial charge in [0.15, 0.2) is 0 Å². The van der Waals surface area contributed by atoms with Gasteiger partial charge in [0.1, 0.15) is 10.0 Å². The maximum Gasteiger partial charge on any atom is 0.131 e. The van der Waals surface area contributed by atoms with Crippen molar-refractivity contribution in [3.8, 4) is 0 Å². The smallest absolute Gasteiger partial charge is 0.131 e. The molecule has 3 rings (SSSR count). The Morgan fingerprint density at radius 3 is 3.06 bits per heavy atom. The second-order valence-electron chi connectivity index (χ2n) is 4.49. The topological polar surface area (TPSA) is 34.0 Å². The van der Waals surface area contributed by atoms with Crippen LogP contribution in [0.1, 0.15) is 28.7 Å². The predicted molar refractivity (Wildman–Crippen MR) is 67.9 cm³/mol. The first-order valence-electron chi connectivity index (χ1n) is 5.92. The zero-order valence-electron chi connectivity index (χ0n) is 10.1. The van der Waals surface area contributed by atoms with Crippen molar-refractivity contribution in [2.45, 2.75) is 33.0 Å². The van der Waals surface area contributed by atoms with E-state index in [1.807, 2.05) is 6.92 Å². The van der Waals surface area contributed by atoms with Gasteiger partial charge in [0.05, 0.1) is 6.54 Å². The van der Waals surface area contributed by atoms with Crippen LogP contribution in [0, 0.1) is 6.92 Å². The van der Waals surface area contributed by atoms with Crippen molar-refractivity contribution in [2.75, 3.05) is 6.54 Å². The summed E-state index contributed by atoms with van der Waals surface area (Å²) in [5.74, 6) is 0. The Bertz CT molecular complexity index is 516. The van der Waals surface area contributed by atoms with Crippen LogP contribution in [0.2, 0.25) is 0 Å². The molecule has 0 N–H and O–H groups in total. The fourth-order valence-electron chi connectivity index (χ4n) is 2.42. The fourth-order valence-corrected chi connectivity index (χ4v) is 3.15. The molecule has 2 aromatic rings. The summed E-state index contributed by atoms with van der Waals surface area (Å²) in [6.07, 6.45) is 2.16. The van der Waals surface area contributed by atoms with Gasteiger partial charge in [-0.15, -0.1) is 21.5 Å². The van der Waals surface area contributed by atoms with E-state index in [1.165, 1.54) is 5.69 Å². The first-order valence-corrected chi connectivity index (χ1v) is 6.74. The summed E-state index contributed by atoms with van der Waals surface area (Å²) >= 11 is 1.70. The highest BCUT2D eigenvalue weighted by atomic mass is 32.1. The van der Waals surface area contributed by atoms with Crippen LogP contribution in [0.3, 0.4) is 0 Å². The summed E-state index contributed by atoms with van der Waals surface area (Å²) in [4.78, 5) is 2.47. The van der Waals surface area contributed by atoms with E-state index in [0.29, 0.717) is 6.04 Å². The molecule has 4 nitrogen and oxygen atoms in total. The zero-order chi connectivity index (χ0) is 11.8. The van der Waals surface area contributed by atoms with Crippen LogP contribution < -0.4 is 0 Å². The third-order valence-electron chi connectivity index (χ3n) is 3.37. The summed E-state index contributed by atoms with van der Waals surface area (Å²) in [6, 6.07) is 4.80. The first kappa shape index (κ1) is 10.9. The summed E-state index contributed by atoms with van der Waals surface area (Å²) in [5.41, 5.74) is 1.40. The number of rotatable bonds is 2. The van der Waals surface area contributed by atoms with Gasteiger partial charge in [-0.25, -0.2) is 0 Å². The quantitative estimate of drug-likeness (QED) is 0.817. The van der Waals surface area contributed by atoms with Gasteiger partial charge in [-0.05, 0) is 26.0 Å². The van der Waals surface area contributed by atoms with E-state index in [0.717, 1.165) is 29.6 Å². The molecule has 3 heterocycles. The van der Waals surface area contributed by atoms with Gasteiger partial charge in [0.25, 0.3) is 0 Å². The number of hydrogen-bond acceptors (Lipinski definition) is 4. The van der Waals surface area contributed by atoms with E-state index in [2.05, 4.69) is 44.9 Å². The Balaban J connectivity index is 1.78. The monoisotopic (exact) mass is 248 g/mol. The van der Waals surface area contributed by atoms with Gasteiger partial charge >= 0.3 is 0 Å². The Morgan fingerprint density at radius 1 is 1.41 bits per heavy atom. The molecule has 1 aliphatic rings. The molecular weight excluding hydrogens is 232 g/mol. The molecule has 17 heavy (non-hydrogen) atoms. The second kappa shape index (κ2) is 4.23. The summed E-state index contributed by atoms with van der Waals surface area (Å²) < 4.78 is 2.34. The van der Waals surface area contributed by atoms with Crippen LogP contribution in [-0.2, 0) is 13.1 Å². The highest BCUT2D eigenvalue weighted by Gasteiger charge is 2.24. The molecular formula is C12H16N4S. The van der Waals surface area contributed by atoms with Crippen LogP contribution in [0.4, 0.5) is 0 Å². The van der Waals surface area contributed by atoms with Crippen LogP contribution in [0.15, 0.2) is 18.3 Å². The van der Waals surface area contributed by atoms with Crippen molar-refractivity contribution in [3.05, 3.63) is 34.0 Å². The predicted octanol–water partition coefficient (Wildman–Crippen LogP) is 2.22. The van der Waals surface area contributed by atoms with Gasteiger partial charge in [-0.2, -0.15) is 0 Å². The molecule has 2 aromatic heterocycles. The van der Waals surface area contributed by atoms with Crippen LogP contribution >= 0.6 is 11.3 Å². The van der Waals surface area contributed by atoms with Crippen molar-refractivity contribution >= 4 is 11.3 Å². The van der Waals surface area contributed by atoms with Crippen molar-refractivity contribution in [3.63, 3.8) is 0 Å². The van der Waals surface area contributed by atoms with E-state index >= 15 is 0 Å². The van der Waals surface area contributed by atoms with Gasteiger partial charge in [0.2, 0.25) is 0 Å². The van der Waals surface area contributed by atoms with E-state index in [-0.39, 0.29) is 0 Å². The van der Waals surface area contributed by atoms with Crippen molar-refractivity contribution in [1.82, 2.24) is 19.7 Å². The van der Waals surface area contributed by atoms with Gasteiger partial charge in [-0.1, -0.05) is 0 Å². The Kier molecular flexibility index (Phi) is 2.72. The van der Waals surface area contributed by atoms with Crippen molar-refractivity contribution in [2.24, 2.45) is 0 Å². The second-order valence-corrected chi connectivity index (χ2v) is 5.75. The molecule has 0 aliphatic carbocycles. The minimum atomic E-state index is 0.461. The van der Waals surface area contributed by atoms with Crippen molar-refractivity contribution in [1.29, 1.82) is 0 Å². The van der Waals surface area contributed by atoms with Crippen LogP contribution in [-0.4, -0.2) is 26.2 Å². The lowest BCUT2D eigenvalue weighted by atomic mass is 10.1. The van der Waals surface area contributed by atoms with Crippen LogP contribution in [0.25, 0.3) is 0 Å². The Hall–Kier alpha value is -1.20. The third-order valence-corrected chi connectivity index (χ3v) is 4.20. The van der Waals surface area contributed by atoms with Crippen molar-refractivity contribution < 1.29 is 0 Å². The van der Waals surface area contributed by atoms with Gasteiger partial charge < -0.3 is 4.57 Å². The highest BCUT2D eigenvalue weighted by Crippen LogP contribution is 2.27. The van der Waals surface area contributed by atoms with E-state index in [4.69, 9.17) is 0 Å². The van der Waals surface area contributed by atoms with Gasteiger partial charge in [-0.3, -0.25) is 4.90 Å². The fraction of sp³-hybridized carbons (Fsp3) is 0.500. The number of hydrogen-bond donors (Lipinski definition) is 0. The standard InChI is InChI=1S/C12H16N4S/c1-9-11-4-3-5-15(11)6-7-16(9)8-12-14-13-10(2)17-12/h3-5,9H,6-8H2,1-2H3. The molecule has 0 bridgehead atoms. The zero-order valence-corrected chi connectivity index (χ0v) is 10.9. The third kappa shape index (κ3) is 2.00. The number of nitrogens with zero attached hydrogens (tertiary/aromatic N) is 4.